The van der Waals surface area contributed by atoms with Gasteiger partial charge in [0.1, 0.15) is 11.5 Å². The summed E-state index contributed by atoms with van der Waals surface area (Å²) < 4.78 is 16.1. The van der Waals surface area contributed by atoms with Crippen LogP contribution < -0.4 is 9.47 Å². The Bertz CT molecular complexity index is 592. The van der Waals surface area contributed by atoms with Gasteiger partial charge in [-0.05, 0) is 31.4 Å². The lowest BCUT2D eigenvalue weighted by molar-refractivity contribution is -0.168. The van der Waals surface area contributed by atoms with E-state index in [1.807, 2.05) is 13.8 Å². The van der Waals surface area contributed by atoms with Gasteiger partial charge in [0.2, 0.25) is 0 Å². The van der Waals surface area contributed by atoms with Crippen LogP contribution in [0.3, 0.4) is 0 Å². The quantitative estimate of drug-likeness (QED) is 0.176. The molecule has 0 fully saturated rings. The first-order valence-electron chi connectivity index (χ1n) is 10.6. The molecule has 0 aliphatic rings. The Hall–Kier alpha value is -2.04. The second kappa shape index (κ2) is 13.2. The molecule has 1 aromatic carbocycles. The molecule has 1 rings (SSSR count). The van der Waals surface area contributed by atoms with Gasteiger partial charge in [-0.3, -0.25) is 9.59 Å². The van der Waals surface area contributed by atoms with Crippen LogP contribution in [0, 0.1) is 5.41 Å². The largest absolute Gasteiger partial charge is 0.497 e. The molecule has 1 aromatic rings. The highest BCUT2D eigenvalue weighted by atomic mass is 16.6. The Kier molecular flexibility index (Phi) is 11.3. The van der Waals surface area contributed by atoms with Gasteiger partial charge >= 0.3 is 11.9 Å². The zero-order chi connectivity index (χ0) is 20.8. The maximum Gasteiger partial charge on any atom is 0.328 e. The number of rotatable bonds is 14. The SMILES string of the molecule is CCCCCCCCCOC(=O)C(CC)(CC)C(=O)Oc1cccc(OC)c1. The van der Waals surface area contributed by atoms with E-state index >= 15 is 0 Å². The van der Waals surface area contributed by atoms with E-state index in [-0.39, 0.29) is 0 Å². The molecule has 0 N–H and O–H groups in total. The molecular formula is C23H36O5. The van der Waals surface area contributed by atoms with Crippen LogP contribution in [-0.4, -0.2) is 25.7 Å². The van der Waals surface area contributed by atoms with Gasteiger partial charge in [-0.15, -0.1) is 0 Å². The highest BCUT2D eigenvalue weighted by molar-refractivity contribution is 6.00. The van der Waals surface area contributed by atoms with Crippen molar-refractivity contribution in [2.45, 2.75) is 78.6 Å². The van der Waals surface area contributed by atoms with Gasteiger partial charge in [-0.1, -0.05) is 65.4 Å². The highest BCUT2D eigenvalue weighted by Crippen LogP contribution is 2.31. The van der Waals surface area contributed by atoms with E-state index < -0.39 is 17.4 Å². The Morgan fingerprint density at radius 2 is 1.46 bits per heavy atom. The zero-order valence-electron chi connectivity index (χ0n) is 17.9. The molecule has 28 heavy (non-hydrogen) atoms. The third-order valence-electron chi connectivity index (χ3n) is 5.22. The van der Waals surface area contributed by atoms with Crippen molar-refractivity contribution in [3.63, 3.8) is 0 Å². The lowest BCUT2D eigenvalue weighted by Gasteiger charge is -2.26. The molecule has 0 spiro atoms. The minimum Gasteiger partial charge on any atom is -0.497 e. The molecule has 0 aliphatic heterocycles. The smallest absolute Gasteiger partial charge is 0.328 e. The Balaban J connectivity index is 2.57. The van der Waals surface area contributed by atoms with Gasteiger partial charge in [0, 0.05) is 6.07 Å². The van der Waals surface area contributed by atoms with Crippen LogP contribution in [-0.2, 0) is 14.3 Å². The van der Waals surface area contributed by atoms with Gasteiger partial charge in [0.15, 0.2) is 5.41 Å². The molecule has 0 unspecified atom stereocenters. The van der Waals surface area contributed by atoms with E-state index in [2.05, 4.69) is 6.92 Å². The first kappa shape index (κ1) is 24.0. The summed E-state index contributed by atoms with van der Waals surface area (Å²) in [5, 5.41) is 0. The summed E-state index contributed by atoms with van der Waals surface area (Å²) in [5.41, 5.74) is -1.27. The number of carbonyl (C=O) groups is 2. The second-order valence-electron chi connectivity index (χ2n) is 7.11. The predicted octanol–water partition coefficient (Wildman–Crippen LogP) is 5.70. The third kappa shape index (κ3) is 7.17. The third-order valence-corrected chi connectivity index (χ3v) is 5.22. The number of methoxy groups -OCH3 is 1. The van der Waals surface area contributed by atoms with Crippen LogP contribution in [0.15, 0.2) is 24.3 Å². The molecule has 0 radical (unpaired) electrons. The Labute approximate surface area is 169 Å². The summed E-state index contributed by atoms with van der Waals surface area (Å²) >= 11 is 0. The first-order valence-corrected chi connectivity index (χ1v) is 10.6. The summed E-state index contributed by atoms with van der Waals surface area (Å²) in [6, 6.07) is 6.79. The van der Waals surface area contributed by atoms with Crippen molar-refractivity contribution >= 4 is 11.9 Å². The van der Waals surface area contributed by atoms with Crippen molar-refractivity contribution in [2.24, 2.45) is 5.41 Å². The van der Waals surface area contributed by atoms with Gasteiger partial charge in [0.25, 0.3) is 0 Å². The van der Waals surface area contributed by atoms with E-state index in [1.54, 1.807) is 31.4 Å². The molecular weight excluding hydrogens is 356 g/mol. The molecule has 5 heteroatoms. The second-order valence-corrected chi connectivity index (χ2v) is 7.11. The number of ether oxygens (including phenoxy) is 3. The fourth-order valence-corrected chi connectivity index (χ4v) is 3.14. The summed E-state index contributed by atoms with van der Waals surface area (Å²) in [6.07, 6.45) is 8.69. The highest BCUT2D eigenvalue weighted by Gasteiger charge is 2.46. The maximum atomic E-state index is 12.8. The average molecular weight is 393 g/mol. The number of esters is 2. The van der Waals surface area contributed by atoms with Crippen molar-refractivity contribution in [1.82, 2.24) is 0 Å². The van der Waals surface area contributed by atoms with Crippen molar-refractivity contribution in [3.05, 3.63) is 24.3 Å². The molecule has 0 saturated carbocycles. The summed E-state index contributed by atoms with van der Waals surface area (Å²) in [5.74, 6) is -0.118. The Morgan fingerprint density at radius 1 is 0.857 bits per heavy atom. The van der Waals surface area contributed by atoms with Crippen LogP contribution >= 0.6 is 0 Å². The van der Waals surface area contributed by atoms with Gasteiger partial charge in [-0.2, -0.15) is 0 Å². The van der Waals surface area contributed by atoms with Crippen LogP contribution in [0.4, 0.5) is 0 Å². The molecule has 0 saturated heterocycles. The molecule has 0 aromatic heterocycles. The standard InChI is InChI=1S/C23H36O5/c1-5-8-9-10-11-12-13-17-27-21(24)23(6-2,7-3)22(25)28-20-16-14-15-19(18-20)26-4/h14-16,18H,5-13,17H2,1-4H3. The van der Waals surface area contributed by atoms with Gasteiger partial charge in [-0.25, -0.2) is 0 Å². The lowest BCUT2D eigenvalue weighted by atomic mass is 9.82. The fraction of sp³-hybridized carbons (Fsp3) is 0.652. The van der Waals surface area contributed by atoms with Crippen LogP contribution in [0.1, 0.15) is 78.6 Å². The van der Waals surface area contributed by atoms with Gasteiger partial charge < -0.3 is 14.2 Å². The van der Waals surface area contributed by atoms with E-state index in [9.17, 15) is 9.59 Å². The number of hydrogen-bond acceptors (Lipinski definition) is 5. The first-order chi connectivity index (χ1) is 13.5. The van der Waals surface area contributed by atoms with Crippen LogP contribution in [0.5, 0.6) is 11.5 Å². The van der Waals surface area contributed by atoms with Crippen molar-refractivity contribution < 1.29 is 23.8 Å². The molecule has 0 aliphatic carbocycles. The molecule has 0 heterocycles. The fourth-order valence-electron chi connectivity index (χ4n) is 3.14. The van der Waals surface area contributed by atoms with E-state index in [0.29, 0.717) is 30.9 Å². The van der Waals surface area contributed by atoms with E-state index in [1.165, 1.54) is 25.7 Å². The summed E-state index contributed by atoms with van der Waals surface area (Å²) in [4.78, 5) is 25.5. The van der Waals surface area contributed by atoms with Crippen molar-refractivity contribution in [1.29, 1.82) is 0 Å². The monoisotopic (exact) mass is 392 g/mol. The van der Waals surface area contributed by atoms with Crippen molar-refractivity contribution in [2.75, 3.05) is 13.7 Å². The topological polar surface area (TPSA) is 61.8 Å². The summed E-state index contributed by atoms with van der Waals surface area (Å²) in [7, 11) is 1.55. The average Bonchev–Trinajstić information content (AvgIpc) is 2.71. The minimum atomic E-state index is -1.27. The van der Waals surface area contributed by atoms with E-state index in [4.69, 9.17) is 14.2 Å². The van der Waals surface area contributed by atoms with Crippen molar-refractivity contribution in [3.8, 4) is 11.5 Å². The minimum absolute atomic E-state index is 0.335. The molecule has 0 atom stereocenters. The predicted molar refractivity (Wildman–Crippen MR) is 111 cm³/mol. The maximum absolute atomic E-state index is 12.8. The van der Waals surface area contributed by atoms with Gasteiger partial charge in [0.05, 0.1) is 13.7 Å². The molecule has 5 nitrogen and oxygen atoms in total. The van der Waals surface area contributed by atoms with Crippen LogP contribution in [0.2, 0.25) is 0 Å². The number of hydrogen-bond donors (Lipinski definition) is 0. The number of unbranched alkanes of at least 4 members (excludes halogenated alkanes) is 6. The lowest BCUT2D eigenvalue weighted by Crippen LogP contribution is -2.42. The molecule has 0 bridgehead atoms. The Morgan fingerprint density at radius 3 is 2.07 bits per heavy atom. The van der Waals surface area contributed by atoms with Crippen LogP contribution in [0.25, 0.3) is 0 Å². The summed E-state index contributed by atoms with van der Waals surface area (Å²) in [6.45, 7) is 6.17. The molecule has 0 amide bonds. The van der Waals surface area contributed by atoms with E-state index in [0.717, 1.165) is 19.3 Å². The normalized spacial score (nSPS) is 11.1. The number of benzene rings is 1. The number of carbonyl (C=O) groups excluding carboxylic acids is 2. The molecule has 158 valence electrons. The zero-order valence-corrected chi connectivity index (χ0v) is 17.9.